The molecule has 2 aliphatic rings. The maximum atomic E-state index is 11.8. The monoisotopic (exact) mass is 216 g/mol. The normalized spacial score (nSPS) is 26.6. The highest BCUT2D eigenvalue weighted by Gasteiger charge is 2.46. The van der Waals surface area contributed by atoms with Gasteiger partial charge in [0, 0.05) is 0 Å². The van der Waals surface area contributed by atoms with E-state index in [1.165, 1.54) is 0 Å². The molecule has 0 N–H and O–H groups in total. The molecule has 1 aromatic rings. The standard InChI is InChI=1S/C13H12O3/c14-13(15-9-5-2-1-3-6-9)10-7-4-8-11-12(10)16-11/h1-3,5-7,11-12H,4,8H2. The zero-order valence-electron chi connectivity index (χ0n) is 8.76. The molecular formula is C13H12O3. The van der Waals surface area contributed by atoms with Crippen molar-refractivity contribution in [3.05, 3.63) is 42.0 Å². The predicted molar refractivity (Wildman–Crippen MR) is 58.1 cm³/mol. The molecule has 1 fully saturated rings. The van der Waals surface area contributed by atoms with Gasteiger partial charge in [0.2, 0.25) is 0 Å². The van der Waals surface area contributed by atoms with Crippen LogP contribution < -0.4 is 4.74 Å². The lowest BCUT2D eigenvalue weighted by Gasteiger charge is -2.08. The van der Waals surface area contributed by atoms with Gasteiger partial charge in [0.15, 0.2) is 0 Å². The van der Waals surface area contributed by atoms with Crippen LogP contribution in [0.5, 0.6) is 5.75 Å². The molecule has 1 aliphatic carbocycles. The molecule has 0 spiro atoms. The molecule has 2 atom stereocenters. The number of para-hydroxylation sites is 1. The zero-order valence-corrected chi connectivity index (χ0v) is 8.76. The molecule has 0 radical (unpaired) electrons. The van der Waals surface area contributed by atoms with Crippen molar-refractivity contribution >= 4 is 5.97 Å². The Kier molecular flexibility index (Phi) is 2.26. The second-order valence-electron chi connectivity index (χ2n) is 4.03. The van der Waals surface area contributed by atoms with Crippen LogP contribution in [0.4, 0.5) is 0 Å². The third kappa shape index (κ3) is 1.74. The highest BCUT2D eigenvalue weighted by molar-refractivity contribution is 5.92. The lowest BCUT2D eigenvalue weighted by molar-refractivity contribution is -0.130. The van der Waals surface area contributed by atoms with Gasteiger partial charge in [-0.2, -0.15) is 0 Å². The van der Waals surface area contributed by atoms with Gasteiger partial charge >= 0.3 is 5.97 Å². The number of hydrogen-bond donors (Lipinski definition) is 0. The molecule has 1 aromatic carbocycles. The van der Waals surface area contributed by atoms with Crippen LogP contribution in [-0.4, -0.2) is 18.2 Å². The molecule has 1 aliphatic heterocycles. The Labute approximate surface area is 93.7 Å². The summed E-state index contributed by atoms with van der Waals surface area (Å²) in [6, 6.07) is 9.11. The summed E-state index contributed by atoms with van der Waals surface area (Å²) in [5, 5.41) is 0. The van der Waals surface area contributed by atoms with Crippen molar-refractivity contribution in [1.82, 2.24) is 0 Å². The average molecular weight is 216 g/mol. The van der Waals surface area contributed by atoms with Gasteiger partial charge in [0.25, 0.3) is 0 Å². The van der Waals surface area contributed by atoms with E-state index in [0.29, 0.717) is 11.3 Å². The van der Waals surface area contributed by atoms with E-state index in [0.717, 1.165) is 12.8 Å². The Morgan fingerprint density at radius 1 is 1.31 bits per heavy atom. The third-order valence-corrected chi connectivity index (χ3v) is 2.89. The Morgan fingerprint density at radius 3 is 2.94 bits per heavy atom. The quantitative estimate of drug-likeness (QED) is 0.431. The minimum absolute atomic E-state index is 0.00929. The first-order valence-electron chi connectivity index (χ1n) is 5.47. The first-order valence-corrected chi connectivity index (χ1v) is 5.47. The predicted octanol–water partition coefficient (Wildman–Crippen LogP) is 2.08. The fraction of sp³-hybridized carbons (Fsp3) is 0.308. The average Bonchev–Trinajstić information content (AvgIpc) is 3.08. The summed E-state index contributed by atoms with van der Waals surface area (Å²) in [6.45, 7) is 0. The lowest BCUT2D eigenvalue weighted by atomic mass is 10.00. The number of hydrogen-bond acceptors (Lipinski definition) is 3. The van der Waals surface area contributed by atoms with Crippen LogP contribution in [0.15, 0.2) is 42.0 Å². The summed E-state index contributed by atoms with van der Waals surface area (Å²) in [5.41, 5.74) is 0.681. The van der Waals surface area contributed by atoms with Crippen molar-refractivity contribution in [3.8, 4) is 5.75 Å². The molecule has 82 valence electrons. The van der Waals surface area contributed by atoms with E-state index in [9.17, 15) is 4.79 Å². The maximum Gasteiger partial charge on any atom is 0.341 e. The fourth-order valence-electron chi connectivity index (χ4n) is 2.01. The summed E-state index contributed by atoms with van der Waals surface area (Å²) in [5.74, 6) is 0.301. The van der Waals surface area contributed by atoms with Crippen molar-refractivity contribution in [2.75, 3.05) is 0 Å². The largest absolute Gasteiger partial charge is 0.423 e. The summed E-state index contributed by atoms with van der Waals surface area (Å²) in [7, 11) is 0. The van der Waals surface area contributed by atoms with E-state index in [1.54, 1.807) is 12.1 Å². The molecule has 3 rings (SSSR count). The van der Waals surface area contributed by atoms with Crippen molar-refractivity contribution < 1.29 is 14.3 Å². The van der Waals surface area contributed by atoms with E-state index >= 15 is 0 Å². The van der Waals surface area contributed by atoms with Crippen LogP contribution in [0.3, 0.4) is 0 Å². The fourth-order valence-corrected chi connectivity index (χ4v) is 2.01. The number of fused-ring (bicyclic) bond motifs is 1. The molecule has 0 bridgehead atoms. The van der Waals surface area contributed by atoms with E-state index in [4.69, 9.17) is 9.47 Å². The van der Waals surface area contributed by atoms with Crippen LogP contribution in [0.1, 0.15) is 12.8 Å². The first kappa shape index (κ1) is 9.60. The van der Waals surface area contributed by atoms with Gasteiger partial charge in [-0.25, -0.2) is 4.79 Å². The molecule has 0 aromatic heterocycles. The summed E-state index contributed by atoms with van der Waals surface area (Å²) < 4.78 is 10.6. The third-order valence-electron chi connectivity index (χ3n) is 2.89. The molecule has 1 saturated heterocycles. The van der Waals surface area contributed by atoms with Crippen molar-refractivity contribution in [1.29, 1.82) is 0 Å². The highest BCUT2D eigenvalue weighted by Crippen LogP contribution is 2.37. The minimum atomic E-state index is -0.279. The molecule has 0 amide bonds. The Hall–Kier alpha value is -1.61. The highest BCUT2D eigenvalue weighted by atomic mass is 16.6. The van der Waals surface area contributed by atoms with Gasteiger partial charge < -0.3 is 9.47 Å². The Bertz CT molecular complexity index is 436. The van der Waals surface area contributed by atoms with Gasteiger partial charge in [0.05, 0.1) is 11.7 Å². The second-order valence-corrected chi connectivity index (χ2v) is 4.03. The molecule has 3 nitrogen and oxygen atoms in total. The van der Waals surface area contributed by atoms with E-state index in [-0.39, 0.29) is 18.2 Å². The van der Waals surface area contributed by atoms with Crippen LogP contribution in [0.25, 0.3) is 0 Å². The van der Waals surface area contributed by atoms with E-state index in [2.05, 4.69) is 0 Å². The number of ether oxygens (including phenoxy) is 2. The van der Waals surface area contributed by atoms with Crippen LogP contribution in [-0.2, 0) is 9.53 Å². The molecule has 16 heavy (non-hydrogen) atoms. The van der Waals surface area contributed by atoms with Crippen molar-refractivity contribution in [3.63, 3.8) is 0 Å². The molecular weight excluding hydrogens is 204 g/mol. The van der Waals surface area contributed by atoms with Crippen molar-refractivity contribution in [2.24, 2.45) is 0 Å². The Morgan fingerprint density at radius 2 is 2.12 bits per heavy atom. The number of esters is 1. The van der Waals surface area contributed by atoms with Gasteiger partial charge in [-0.3, -0.25) is 0 Å². The molecule has 0 saturated carbocycles. The van der Waals surface area contributed by atoms with E-state index in [1.807, 2.05) is 24.3 Å². The molecule has 3 heteroatoms. The van der Waals surface area contributed by atoms with E-state index < -0.39 is 0 Å². The van der Waals surface area contributed by atoms with Crippen LogP contribution in [0.2, 0.25) is 0 Å². The maximum absolute atomic E-state index is 11.8. The second kappa shape index (κ2) is 3.76. The SMILES string of the molecule is O=C(Oc1ccccc1)C1=CCCC2OC12. The van der Waals surface area contributed by atoms with Crippen LogP contribution >= 0.6 is 0 Å². The van der Waals surface area contributed by atoms with Gasteiger partial charge in [-0.15, -0.1) is 0 Å². The minimum Gasteiger partial charge on any atom is -0.423 e. The van der Waals surface area contributed by atoms with Crippen LogP contribution in [0, 0.1) is 0 Å². The summed E-state index contributed by atoms with van der Waals surface area (Å²) in [6.07, 6.45) is 4.10. The number of carbonyl (C=O) groups is 1. The number of benzene rings is 1. The number of allylic oxidation sites excluding steroid dienone is 1. The summed E-state index contributed by atoms with van der Waals surface area (Å²) in [4.78, 5) is 11.8. The van der Waals surface area contributed by atoms with Crippen molar-refractivity contribution in [2.45, 2.75) is 25.0 Å². The lowest BCUT2D eigenvalue weighted by Crippen LogP contribution is -2.18. The number of rotatable bonds is 2. The smallest absolute Gasteiger partial charge is 0.341 e. The Balaban J connectivity index is 1.72. The van der Waals surface area contributed by atoms with Gasteiger partial charge in [0.1, 0.15) is 11.9 Å². The first-order chi connectivity index (χ1) is 7.84. The summed E-state index contributed by atoms with van der Waals surface area (Å²) >= 11 is 0. The van der Waals surface area contributed by atoms with Gasteiger partial charge in [-0.1, -0.05) is 24.3 Å². The van der Waals surface area contributed by atoms with Gasteiger partial charge in [-0.05, 0) is 25.0 Å². The molecule has 2 unspecified atom stereocenters. The number of carbonyl (C=O) groups excluding carboxylic acids is 1. The zero-order chi connectivity index (χ0) is 11.0. The number of epoxide rings is 1. The molecule has 1 heterocycles. The topological polar surface area (TPSA) is 38.8 Å².